The Morgan fingerprint density at radius 3 is 2.36 bits per heavy atom. The maximum absolute atomic E-state index is 13.4. The van der Waals surface area contributed by atoms with E-state index in [-0.39, 0.29) is 23.8 Å². The number of aromatic nitrogens is 1. The molecule has 1 saturated heterocycles. The summed E-state index contributed by atoms with van der Waals surface area (Å²) < 4.78 is 6.00. The first-order valence-electron chi connectivity index (χ1n) is 11.6. The molecular formula is C27H31N3O3. The molecule has 2 amide bonds. The Hall–Kier alpha value is -3.41. The molecule has 0 radical (unpaired) electrons. The van der Waals surface area contributed by atoms with Gasteiger partial charge in [-0.1, -0.05) is 56.3 Å². The van der Waals surface area contributed by atoms with Crippen molar-refractivity contribution in [3.63, 3.8) is 0 Å². The van der Waals surface area contributed by atoms with Crippen molar-refractivity contribution in [2.24, 2.45) is 11.8 Å². The van der Waals surface area contributed by atoms with E-state index in [1.165, 1.54) is 0 Å². The first kappa shape index (κ1) is 22.8. The van der Waals surface area contributed by atoms with Crippen LogP contribution in [-0.2, 0) is 4.79 Å². The Balaban J connectivity index is 1.45. The summed E-state index contributed by atoms with van der Waals surface area (Å²) in [5.41, 5.74) is 2.18. The molecule has 1 atom stereocenters. The lowest BCUT2D eigenvalue weighted by atomic mass is 9.94. The van der Waals surface area contributed by atoms with E-state index in [0.717, 1.165) is 5.56 Å². The molecule has 6 heteroatoms. The molecule has 1 fully saturated rings. The minimum absolute atomic E-state index is 0.0503. The minimum atomic E-state index is -0.0560. The molecule has 33 heavy (non-hydrogen) atoms. The van der Waals surface area contributed by atoms with Crippen LogP contribution in [0, 0.1) is 11.8 Å². The van der Waals surface area contributed by atoms with Gasteiger partial charge in [0.1, 0.15) is 0 Å². The summed E-state index contributed by atoms with van der Waals surface area (Å²) in [6.45, 7) is 7.34. The van der Waals surface area contributed by atoms with Gasteiger partial charge >= 0.3 is 0 Å². The van der Waals surface area contributed by atoms with Crippen molar-refractivity contribution < 1.29 is 14.0 Å². The molecule has 6 nitrogen and oxygen atoms in total. The summed E-state index contributed by atoms with van der Waals surface area (Å²) in [6, 6.07) is 17.3. The summed E-state index contributed by atoms with van der Waals surface area (Å²) in [7, 11) is 0. The van der Waals surface area contributed by atoms with Crippen LogP contribution in [0.2, 0.25) is 0 Å². The third-order valence-corrected chi connectivity index (χ3v) is 6.47. The summed E-state index contributed by atoms with van der Waals surface area (Å²) in [6.07, 6.45) is 3.03. The molecule has 0 aliphatic carbocycles. The number of carbonyl (C=O) groups is 2. The normalized spacial score (nSPS) is 15.5. The summed E-state index contributed by atoms with van der Waals surface area (Å²) in [5.74, 6) is 1.47. The highest BCUT2D eigenvalue weighted by atomic mass is 16.4. The number of benzene rings is 2. The second kappa shape index (κ2) is 10.0. The van der Waals surface area contributed by atoms with Crippen molar-refractivity contribution >= 4 is 11.8 Å². The smallest absolute Gasteiger partial charge is 0.254 e. The van der Waals surface area contributed by atoms with E-state index in [0.29, 0.717) is 54.6 Å². The molecule has 0 spiro atoms. The van der Waals surface area contributed by atoms with Gasteiger partial charge in [-0.3, -0.25) is 9.59 Å². The maximum Gasteiger partial charge on any atom is 0.254 e. The number of hydrogen-bond donors (Lipinski definition) is 1. The van der Waals surface area contributed by atoms with Crippen LogP contribution in [0.3, 0.4) is 0 Å². The van der Waals surface area contributed by atoms with Gasteiger partial charge in [0.25, 0.3) is 5.91 Å². The fourth-order valence-corrected chi connectivity index (χ4v) is 4.01. The summed E-state index contributed by atoms with van der Waals surface area (Å²) in [4.78, 5) is 32.2. The summed E-state index contributed by atoms with van der Waals surface area (Å²) in [5, 5.41) is 3.11. The third kappa shape index (κ3) is 5.16. The predicted octanol–water partition coefficient (Wildman–Crippen LogP) is 5.02. The molecule has 0 bridgehead atoms. The Bertz CT molecular complexity index is 1100. The van der Waals surface area contributed by atoms with Gasteiger partial charge in [0, 0.05) is 36.2 Å². The Labute approximate surface area is 195 Å². The minimum Gasteiger partial charge on any atom is -0.436 e. The number of rotatable bonds is 6. The second-order valence-corrected chi connectivity index (χ2v) is 9.05. The third-order valence-electron chi connectivity index (χ3n) is 6.47. The summed E-state index contributed by atoms with van der Waals surface area (Å²) >= 11 is 0. The molecule has 3 aromatic rings. The van der Waals surface area contributed by atoms with E-state index in [1.807, 2.05) is 66.4 Å². The number of nitrogens with one attached hydrogen (secondary N) is 1. The monoisotopic (exact) mass is 445 g/mol. The molecule has 1 aliphatic heterocycles. The van der Waals surface area contributed by atoms with E-state index in [4.69, 9.17) is 4.42 Å². The van der Waals surface area contributed by atoms with E-state index < -0.39 is 0 Å². The van der Waals surface area contributed by atoms with Gasteiger partial charge in [-0.15, -0.1) is 0 Å². The molecule has 4 rings (SSSR count). The first-order chi connectivity index (χ1) is 15.9. The van der Waals surface area contributed by atoms with E-state index >= 15 is 0 Å². The Morgan fingerprint density at radius 1 is 1.00 bits per heavy atom. The second-order valence-electron chi connectivity index (χ2n) is 9.05. The predicted molar refractivity (Wildman–Crippen MR) is 128 cm³/mol. The van der Waals surface area contributed by atoms with Crippen molar-refractivity contribution in [1.29, 1.82) is 0 Å². The van der Waals surface area contributed by atoms with Gasteiger partial charge in [-0.2, -0.15) is 0 Å². The van der Waals surface area contributed by atoms with Gasteiger partial charge in [0.15, 0.2) is 5.76 Å². The zero-order valence-electron chi connectivity index (χ0n) is 19.5. The van der Waals surface area contributed by atoms with Crippen LogP contribution in [0.25, 0.3) is 22.8 Å². The quantitative estimate of drug-likeness (QED) is 0.578. The van der Waals surface area contributed by atoms with Crippen LogP contribution in [0.1, 0.15) is 44.0 Å². The fraction of sp³-hybridized carbons (Fsp3) is 0.370. The molecule has 0 saturated carbocycles. The molecule has 1 N–H and O–H groups in total. The van der Waals surface area contributed by atoms with Crippen molar-refractivity contribution in [1.82, 2.24) is 15.2 Å². The van der Waals surface area contributed by atoms with Gasteiger partial charge in [-0.05, 0) is 37.8 Å². The number of carbonyl (C=O) groups excluding carboxylic acids is 2. The molecule has 1 unspecified atom stereocenters. The highest BCUT2D eigenvalue weighted by Gasteiger charge is 2.30. The number of oxazole rings is 1. The lowest BCUT2D eigenvalue weighted by Gasteiger charge is -2.32. The molecule has 172 valence electrons. The lowest BCUT2D eigenvalue weighted by Crippen LogP contribution is -2.45. The number of piperidine rings is 1. The lowest BCUT2D eigenvalue weighted by molar-refractivity contribution is -0.127. The molecule has 1 aliphatic rings. The van der Waals surface area contributed by atoms with Crippen molar-refractivity contribution in [3.05, 3.63) is 66.4 Å². The van der Waals surface area contributed by atoms with Crippen molar-refractivity contribution in [2.75, 3.05) is 13.1 Å². The Morgan fingerprint density at radius 2 is 1.67 bits per heavy atom. The largest absolute Gasteiger partial charge is 0.436 e. The maximum atomic E-state index is 13.4. The molecule has 1 aromatic heterocycles. The fourth-order valence-electron chi connectivity index (χ4n) is 4.01. The number of nitrogens with zero attached hydrogens (tertiary/aromatic N) is 2. The van der Waals surface area contributed by atoms with E-state index in [2.05, 4.69) is 24.1 Å². The highest BCUT2D eigenvalue weighted by molar-refractivity contribution is 6.00. The van der Waals surface area contributed by atoms with Gasteiger partial charge < -0.3 is 14.6 Å². The van der Waals surface area contributed by atoms with Crippen LogP contribution >= 0.6 is 0 Å². The topological polar surface area (TPSA) is 75.4 Å². The van der Waals surface area contributed by atoms with Crippen LogP contribution in [0.4, 0.5) is 0 Å². The standard InChI is InChI=1S/C27H31N3O3/c1-18(2)19(3)29-25(31)21-13-15-30(16-14-21)27(32)23-12-8-7-11-22(23)26-28-17-24(33-26)20-9-5-4-6-10-20/h4-12,17-19,21H,13-16H2,1-3H3,(H,29,31). The average molecular weight is 446 g/mol. The zero-order chi connectivity index (χ0) is 23.4. The van der Waals surface area contributed by atoms with Crippen LogP contribution in [-0.4, -0.2) is 40.8 Å². The molecular weight excluding hydrogens is 414 g/mol. The van der Waals surface area contributed by atoms with Crippen LogP contribution in [0.5, 0.6) is 0 Å². The number of amides is 2. The number of likely N-dealkylation sites (tertiary alicyclic amines) is 1. The number of hydrogen-bond acceptors (Lipinski definition) is 4. The van der Waals surface area contributed by atoms with Gasteiger partial charge in [-0.25, -0.2) is 4.98 Å². The van der Waals surface area contributed by atoms with Gasteiger partial charge in [0.05, 0.1) is 11.8 Å². The molecule has 2 aromatic carbocycles. The average Bonchev–Trinajstić information content (AvgIpc) is 3.34. The van der Waals surface area contributed by atoms with Gasteiger partial charge in [0.2, 0.25) is 11.8 Å². The van der Waals surface area contributed by atoms with Crippen LogP contribution < -0.4 is 5.32 Å². The zero-order valence-corrected chi connectivity index (χ0v) is 19.5. The first-order valence-corrected chi connectivity index (χ1v) is 11.6. The van der Waals surface area contributed by atoms with Crippen molar-refractivity contribution in [3.8, 4) is 22.8 Å². The van der Waals surface area contributed by atoms with Crippen LogP contribution in [0.15, 0.2) is 65.2 Å². The van der Waals surface area contributed by atoms with E-state index in [1.54, 1.807) is 6.20 Å². The van der Waals surface area contributed by atoms with Crippen molar-refractivity contribution in [2.45, 2.75) is 39.7 Å². The highest BCUT2D eigenvalue weighted by Crippen LogP contribution is 2.29. The van der Waals surface area contributed by atoms with E-state index in [9.17, 15) is 9.59 Å². The Kier molecular flexibility index (Phi) is 6.92. The molecule has 2 heterocycles. The SMILES string of the molecule is CC(C)C(C)NC(=O)C1CCN(C(=O)c2ccccc2-c2ncc(-c3ccccc3)o2)CC1.